The standard InChI is InChI=1S/C14H18O3/c1-3-4-5-12-6-8-13(9-7-12)17-10-11(2)14(15)16/h6-10H,3-5H2,1-2H3,(H,15,16). The Balaban J connectivity index is 2.56. The van der Waals surface area contributed by atoms with E-state index in [2.05, 4.69) is 6.92 Å². The van der Waals surface area contributed by atoms with Crippen molar-refractivity contribution in [2.75, 3.05) is 0 Å². The summed E-state index contributed by atoms with van der Waals surface area (Å²) >= 11 is 0. The number of carboxylic acids is 1. The Morgan fingerprint density at radius 3 is 2.53 bits per heavy atom. The first-order valence-electron chi connectivity index (χ1n) is 5.79. The summed E-state index contributed by atoms with van der Waals surface area (Å²) in [5.41, 5.74) is 1.46. The molecule has 92 valence electrons. The molecule has 1 aromatic rings. The van der Waals surface area contributed by atoms with Crippen molar-refractivity contribution in [3.05, 3.63) is 41.7 Å². The third-order valence-corrected chi connectivity index (χ3v) is 2.45. The van der Waals surface area contributed by atoms with E-state index in [0.29, 0.717) is 5.75 Å². The van der Waals surface area contributed by atoms with Gasteiger partial charge < -0.3 is 9.84 Å². The van der Waals surface area contributed by atoms with Crippen LogP contribution >= 0.6 is 0 Å². The lowest BCUT2D eigenvalue weighted by Crippen LogP contribution is -1.98. The molecule has 0 unspecified atom stereocenters. The molecular formula is C14H18O3. The van der Waals surface area contributed by atoms with Crippen LogP contribution in [0.3, 0.4) is 0 Å². The number of hydrogen-bond acceptors (Lipinski definition) is 2. The van der Waals surface area contributed by atoms with Crippen molar-refractivity contribution in [3.63, 3.8) is 0 Å². The number of aryl methyl sites for hydroxylation is 1. The van der Waals surface area contributed by atoms with Gasteiger partial charge in [0.25, 0.3) is 0 Å². The molecule has 0 aliphatic carbocycles. The molecule has 0 saturated heterocycles. The van der Waals surface area contributed by atoms with Crippen LogP contribution in [0.2, 0.25) is 0 Å². The Hall–Kier alpha value is -1.77. The lowest BCUT2D eigenvalue weighted by Gasteiger charge is -2.03. The highest BCUT2D eigenvalue weighted by Crippen LogP contribution is 2.14. The molecule has 0 saturated carbocycles. The van der Waals surface area contributed by atoms with Gasteiger partial charge in [-0.3, -0.25) is 0 Å². The van der Waals surface area contributed by atoms with Crippen molar-refractivity contribution in [1.82, 2.24) is 0 Å². The van der Waals surface area contributed by atoms with Gasteiger partial charge in [-0.15, -0.1) is 0 Å². The summed E-state index contributed by atoms with van der Waals surface area (Å²) in [7, 11) is 0. The fourth-order valence-corrected chi connectivity index (χ4v) is 1.32. The second kappa shape index (κ2) is 6.74. The smallest absolute Gasteiger partial charge is 0.334 e. The Kier molecular flexibility index (Phi) is 5.27. The molecule has 3 nitrogen and oxygen atoms in total. The molecule has 0 amide bonds. The molecular weight excluding hydrogens is 216 g/mol. The highest BCUT2D eigenvalue weighted by molar-refractivity contribution is 5.85. The van der Waals surface area contributed by atoms with Gasteiger partial charge in [0.15, 0.2) is 0 Å². The van der Waals surface area contributed by atoms with Crippen molar-refractivity contribution < 1.29 is 14.6 Å². The largest absolute Gasteiger partial charge is 0.478 e. The molecule has 17 heavy (non-hydrogen) atoms. The lowest BCUT2D eigenvalue weighted by molar-refractivity contribution is -0.132. The number of hydrogen-bond donors (Lipinski definition) is 1. The molecule has 0 spiro atoms. The molecule has 3 heteroatoms. The average molecular weight is 234 g/mol. The van der Waals surface area contributed by atoms with Gasteiger partial charge in [0.05, 0.1) is 5.57 Å². The zero-order valence-corrected chi connectivity index (χ0v) is 10.3. The van der Waals surface area contributed by atoms with Gasteiger partial charge >= 0.3 is 5.97 Å². The summed E-state index contributed by atoms with van der Waals surface area (Å²) in [5.74, 6) is -0.310. The summed E-state index contributed by atoms with van der Waals surface area (Å²) in [6.45, 7) is 3.66. The van der Waals surface area contributed by atoms with E-state index in [1.807, 2.05) is 24.3 Å². The average Bonchev–Trinajstić information content (AvgIpc) is 2.34. The molecule has 1 aromatic carbocycles. The highest BCUT2D eigenvalue weighted by Gasteiger charge is 2.00. The summed E-state index contributed by atoms with van der Waals surface area (Å²) in [5, 5.41) is 8.65. The monoisotopic (exact) mass is 234 g/mol. The molecule has 0 aliphatic heterocycles. The molecule has 1 rings (SSSR count). The van der Waals surface area contributed by atoms with E-state index in [1.165, 1.54) is 31.6 Å². The van der Waals surface area contributed by atoms with Crippen molar-refractivity contribution in [1.29, 1.82) is 0 Å². The SMILES string of the molecule is CCCCc1ccc(OC=C(C)C(=O)O)cc1. The summed E-state index contributed by atoms with van der Waals surface area (Å²) in [6, 6.07) is 7.73. The lowest BCUT2D eigenvalue weighted by atomic mass is 10.1. The van der Waals surface area contributed by atoms with Gasteiger partial charge in [0.1, 0.15) is 12.0 Å². The third kappa shape index (κ3) is 4.72. The van der Waals surface area contributed by atoms with Gasteiger partial charge in [0, 0.05) is 0 Å². The fourth-order valence-electron chi connectivity index (χ4n) is 1.32. The number of unbranched alkanes of at least 4 members (excludes halogenated alkanes) is 1. The molecule has 0 aliphatic rings. The minimum atomic E-state index is -0.968. The first-order valence-corrected chi connectivity index (χ1v) is 5.79. The summed E-state index contributed by atoms with van der Waals surface area (Å²) < 4.78 is 5.25. The fraction of sp³-hybridized carbons (Fsp3) is 0.357. The normalized spacial score (nSPS) is 11.3. The predicted molar refractivity (Wildman–Crippen MR) is 67.1 cm³/mol. The van der Waals surface area contributed by atoms with Crippen LogP contribution in [-0.2, 0) is 11.2 Å². The molecule has 0 bridgehead atoms. The van der Waals surface area contributed by atoms with Crippen LogP contribution in [0.5, 0.6) is 5.75 Å². The van der Waals surface area contributed by atoms with Crippen LogP contribution in [0.4, 0.5) is 0 Å². The Morgan fingerprint density at radius 1 is 1.35 bits per heavy atom. The molecule has 1 N–H and O–H groups in total. The van der Waals surface area contributed by atoms with E-state index in [4.69, 9.17) is 9.84 Å². The molecule has 0 aromatic heterocycles. The Labute approximate surface area is 102 Å². The number of benzene rings is 1. The summed E-state index contributed by atoms with van der Waals surface area (Å²) in [6.07, 6.45) is 4.68. The topological polar surface area (TPSA) is 46.5 Å². The van der Waals surface area contributed by atoms with E-state index in [-0.39, 0.29) is 5.57 Å². The minimum absolute atomic E-state index is 0.181. The quantitative estimate of drug-likeness (QED) is 0.606. The number of ether oxygens (including phenoxy) is 1. The first kappa shape index (κ1) is 13.3. The van der Waals surface area contributed by atoms with E-state index in [1.54, 1.807) is 0 Å². The first-order chi connectivity index (χ1) is 8.13. The van der Waals surface area contributed by atoms with Crippen molar-refractivity contribution in [2.45, 2.75) is 33.1 Å². The number of carboxylic acid groups (broad SMARTS) is 1. The maximum absolute atomic E-state index is 10.5. The number of carbonyl (C=O) groups is 1. The number of aliphatic carboxylic acids is 1. The Morgan fingerprint density at radius 2 is 2.00 bits per heavy atom. The molecule has 0 atom stereocenters. The maximum atomic E-state index is 10.5. The highest BCUT2D eigenvalue weighted by atomic mass is 16.5. The van der Waals surface area contributed by atoms with Crippen LogP contribution in [0.1, 0.15) is 32.3 Å². The molecule has 0 heterocycles. The minimum Gasteiger partial charge on any atom is -0.478 e. The Bertz CT molecular complexity index is 390. The second-order valence-corrected chi connectivity index (χ2v) is 3.97. The van der Waals surface area contributed by atoms with E-state index < -0.39 is 5.97 Å². The third-order valence-electron chi connectivity index (χ3n) is 2.45. The molecule has 0 radical (unpaired) electrons. The maximum Gasteiger partial charge on any atom is 0.334 e. The van der Waals surface area contributed by atoms with E-state index in [0.717, 1.165) is 6.42 Å². The van der Waals surface area contributed by atoms with Gasteiger partial charge in [-0.1, -0.05) is 25.5 Å². The van der Waals surface area contributed by atoms with E-state index >= 15 is 0 Å². The number of rotatable bonds is 6. The molecule has 0 fully saturated rings. The summed E-state index contributed by atoms with van der Waals surface area (Å²) in [4.78, 5) is 10.5. The van der Waals surface area contributed by atoms with Crippen LogP contribution < -0.4 is 4.74 Å². The van der Waals surface area contributed by atoms with E-state index in [9.17, 15) is 4.79 Å². The van der Waals surface area contributed by atoms with Gasteiger partial charge in [-0.05, 0) is 37.5 Å². The zero-order valence-electron chi connectivity index (χ0n) is 10.3. The van der Waals surface area contributed by atoms with Gasteiger partial charge in [-0.2, -0.15) is 0 Å². The van der Waals surface area contributed by atoms with Gasteiger partial charge in [0.2, 0.25) is 0 Å². The van der Waals surface area contributed by atoms with Crippen LogP contribution in [0.15, 0.2) is 36.1 Å². The zero-order chi connectivity index (χ0) is 12.7. The van der Waals surface area contributed by atoms with Crippen molar-refractivity contribution >= 4 is 5.97 Å². The predicted octanol–water partition coefficient (Wildman–Crippen LogP) is 3.40. The second-order valence-electron chi connectivity index (χ2n) is 3.97. The van der Waals surface area contributed by atoms with Crippen molar-refractivity contribution in [3.8, 4) is 5.75 Å². The van der Waals surface area contributed by atoms with Gasteiger partial charge in [-0.25, -0.2) is 4.79 Å². The van der Waals surface area contributed by atoms with Crippen LogP contribution in [0, 0.1) is 0 Å². The van der Waals surface area contributed by atoms with Crippen LogP contribution in [0.25, 0.3) is 0 Å². The van der Waals surface area contributed by atoms with Crippen molar-refractivity contribution in [2.24, 2.45) is 0 Å². The van der Waals surface area contributed by atoms with Crippen LogP contribution in [-0.4, -0.2) is 11.1 Å².